The first-order chi connectivity index (χ1) is 4.74. The van der Waals surface area contributed by atoms with Gasteiger partial charge in [0.15, 0.2) is 0 Å². The van der Waals surface area contributed by atoms with Gasteiger partial charge in [-0.1, -0.05) is 20.8 Å². The molecule has 0 aromatic rings. The summed E-state index contributed by atoms with van der Waals surface area (Å²) in [6.07, 6.45) is 0. The van der Waals surface area contributed by atoms with Gasteiger partial charge in [0.05, 0.1) is 0 Å². The van der Waals surface area contributed by atoms with Crippen LogP contribution in [-0.2, 0) is 0 Å². The van der Waals surface area contributed by atoms with Crippen molar-refractivity contribution in [2.45, 2.75) is 20.8 Å². The molecule has 10 heavy (non-hydrogen) atoms. The normalized spacial score (nSPS) is 14.1. The second-order valence-corrected chi connectivity index (χ2v) is 2.83. The fraction of sp³-hybridized carbons (Fsp3) is 1.00. The largest absolute Gasteiger partial charge is 0.330 e. The molecule has 0 bridgehead atoms. The lowest BCUT2D eigenvalue weighted by Gasteiger charge is -2.21. The Morgan fingerprint density at radius 3 is 2.10 bits per heavy atom. The van der Waals surface area contributed by atoms with Gasteiger partial charge in [0.25, 0.3) is 0 Å². The molecule has 62 valence electrons. The van der Waals surface area contributed by atoms with Gasteiger partial charge < -0.3 is 10.6 Å². The third-order valence-electron chi connectivity index (χ3n) is 1.87. The van der Waals surface area contributed by atoms with Crippen LogP contribution < -0.4 is 5.73 Å². The molecular formula is C8H20N2. The van der Waals surface area contributed by atoms with Crippen LogP contribution in [-0.4, -0.2) is 31.1 Å². The number of hydrogen-bond donors (Lipinski definition) is 1. The maximum Gasteiger partial charge on any atom is 0.00188 e. The maximum absolute atomic E-state index is 5.50. The van der Waals surface area contributed by atoms with Crippen LogP contribution in [0.1, 0.15) is 20.8 Å². The smallest absolute Gasteiger partial charge is 0.00188 e. The monoisotopic (exact) mass is 144 g/mol. The molecule has 0 amide bonds. The van der Waals surface area contributed by atoms with Gasteiger partial charge in [-0.2, -0.15) is 0 Å². The highest BCUT2D eigenvalue weighted by atomic mass is 15.1. The van der Waals surface area contributed by atoms with Gasteiger partial charge in [0.2, 0.25) is 0 Å². The summed E-state index contributed by atoms with van der Waals surface area (Å²) >= 11 is 0. The van der Waals surface area contributed by atoms with E-state index in [0.717, 1.165) is 26.2 Å². The highest BCUT2D eigenvalue weighted by molar-refractivity contribution is 4.59. The average molecular weight is 144 g/mol. The summed E-state index contributed by atoms with van der Waals surface area (Å²) in [6.45, 7) is 10.8. The summed E-state index contributed by atoms with van der Waals surface area (Å²) in [7, 11) is 0. The van der Waals surface area contributed by atoms with Crippen molar-refractivity contribution in [1.82, 2.24) is 4.90 Å². The van der Waals surface area contributed by atoms with E-state index in [0.29, 0.717) is 5.92 Å². The van der Waals surface area contributed by atoms with Crippen molar-refractivity contribution in [3.63, 3.8) is 0 Å². The van der Waals surface area contributed by atoms with Gasteiger partial charge in [-0.15, -0.1) is 0 Å². The molecule has 0 saturated carbocycles. The molecule has 0 saturated heterocycles. The number of rotatable bonds is 5. The van der Waals surface area contributed by atoms with E-state index in [1.807, 2.05) is 0 Å². The molecule has 0 unspecified atom stereocenters. The van der Waals surface area contributed by atoms with Crippen LogP contribution in [0.3, 0.4) is 0 Å². The topological polar surface area (TPSA) is 29.3 Å². The van der Waals surface area contributed by atoms with Crippen molar-refractivity contribution in [2.75, 3.05) is 26.2 Å². The summed E-state index contributed by atoms with van der Waals surface area (Å²) in [4.78, 5) is 2.40. The van der Waals surface area contributed by atoms with Gasteiger partial charge >= 0.3 is 0 Å². The van der Waals surface area contributed by atoms with E-state index in [-0.39, 0.29) is 0 Å². The predicted octanol–water partition coefficient (Wildman–Crippen LogP) is 0.923. The molecule has 0 spiro atoms. The van der Waals surface area contributed by atoms with Crippen LogP contribution in [0.5, 0.6) is 0 Å². The van der Waals surface area contributed by atoms with Gasteiger partial charge in [-0.3, -0.25) is 0 Å². The summed E-state index contributed by atoms with van der Waals surface area (Å²) in [5.41, 5.74) is 5.50. The summed E-state index contributed by atoms with van der Waals surface area (Å²) in [5.74, 6) is 0.639. The van der Waals surface area contributed by atoms with E-state index < -0.39 is 0 Å². The van der Waals surface area contributed by atoms with Gasteiger partial charge in [0, 0.05) is 6.54 Å². The van der Waals surface area contributed by atoms with Gasteiger partial charge in [-0.25, -0.2) is 0 Å². The highest BCUT2D eigenvalue weighted by Gasteiger charge is 2.03. The van der Waals surface area contributed by atoms with Gasteiger partial charge in [0.1, 0.15) is 0 Å². The molecule has 0 heterocycles. The minimum atomic E-state index is 0.639. The molecule has 0 aliphatic heterocycles. The van der Waals surface area contributed by atoms with E-state index >= 15 is 0 Å². The van der Waals surface area contributed by atoms with Crippen LogP contribution >= 0.6 is 0 Å². The Labute approximate surface area is 64.4 Å². The Balaban J connectivity index is 3.41. The van der Waals surface area contributed by atoms with Crippen LogP contribution in [0.25, 0.3) is 0 Å². The van der Waals surface area contributed by atoms with Crippen LogP contribution in [0, 0.1) is 5.92 Å². The number of nitrogens with two attached hydrogens (primary N) is 1. The van der Waals surface area contributed by atoms with Crippen LogP contribution in [0.4, 0.5) is 0 Å². The Hall–Kier alpha value is -0.0800. The SMILES string of the molecule is CCN(CC)C[C@H](C)CN. The molecule has 2 N–H and O–H groups in total. The fourth-order valence-electron chi connectivity index (χ4n) is 0.997. The maximum atomic E-state index is 5.50. The molecule has 1 atom stereocenters. The first-order valence-corrected chi connectivity index (χ1v) is 4.16. The zero-order valence-corrected chi connectivity index (χ0v) is 7.43. The van der Waals surface area contributed by atoms with E-state index in [9.17, 15) is 0 Å². The fourth-order valence-corrected chi connectivity index (χ4v) is 0.997. The lowest BCUT2D eigenvalue weighted by Crippen LogP contribution is -2.31. The molecule has 2 nitrogen and oxygen atoms in total. The van der Waals surface area contributed by atoms with Crippen molar-refractivity contribution in [3.05, 3.63) is 0 Å². The summed E-state index contributed by atoms with van der Waals surface area (Å²) in [6, 6.07) is 0. The molecule has 0 aromatic heterocycles. The van der Waals surface area contributed by atoms with Crippen molar-refractivity contribution in [2.24, 2.45) is 11.7 Å². The highest BCUT2D eigenvalue weighted by Crippen LogP contribution is 1.96. The zero-order valence-electron chi connectivity index (χ0n) is 7.43. The van der Waals surface area contributed by atoms with Gasteiger partial charge in [-0.05, 0) is 25.6 Å². The lowest BCUT2D eigenvalue weighted by molar-refractivity contribution is 0.264. The number of hydrogen-bond acceptors (Lipinski definition) is 2. The third kappa shape index (κ3) is 3.85. The van der Waals surface area contributed by atoms with E-state index in [4.69, 9.17) is 5.73 Å². The molecule has 2 heteroatoms. The summed E-state index contributed by atoms with van der Waals surface area (Å²) < 4.78 is 0. The first kappa shape index (κ1) is 9.92. The standard InChI is InChI=1S/C8H20N2/c1-4-10(5-2)7-8(3)6-9/h8H,4-7,9H2,1-3H3/t8-/m1/s1. The van der Waals surface area contributed by atoms with Crippen molar-refractivity contribution >= 4 is 0 Å². The van der Waals surface area contributed by atoms with Crippen molar-refractivity contribution in [1.29, 1.82) is 0 Å². The third-order valence-corrected chi connectivity index (χ3v) is 1.87. The Morgan fingerprint density at radius 2 is 1.80 bits per heavy atom. The van der Waals surface area contributed by atoms with Crippen LogP contribution in [0.15, 0.2) is 0 Å². The van der Waals surface area contributed by atoms with E-state index in [1.165, 1.54) is 0 Å². The lowest BCUT2D eigenvalue weighted by atomic mass is 10.2. The second-order valence-electron chi connectivity index (χ2n) is 2.83. The molecular weight excluding hydrogens is 124 g/mol. The van der Waals surface area contributed by atoms with E-state index in [1.54, 1.807) is 0 Å². The predicted molar refractivity (Wildman–Crippen MR) is 46.0 cm³/mol. The van der Waals surface area contributed by atoms with Crippen LogP contribution in [0.2, 0.25) is 0 Å². The zero-order chi connectivity index (χ0) is 7.98. The Bertz CT molecular complexity index is 69.7. The molecule has 0 radical (unpaired) electrons. The molecule has 0 rings (SSSR count). The Morgan fingerprint density at radius 1 is 1.30 bits per heavy atom. The van der Waals surface area contributed by atoms with Crippen molar-refractivity contribution in [3.8, 4) is 0 Å². The molecule has 0 aliphatic rings. The minimum Gasteiger partial charge on any atom is -0.330 e. The minimum absolute atomic E-state index is 0.639. The molecule has 0 aliphatic carbocycles. The average Bonchev–Trinajstić information content (AvgIpc) is 1.99. The quantitative estimate of drug-likeness (QED) is 0.622. The second kappa shape index (κ2) is 5.69. The molecule has 0 aromatic carbocycles. The molecule has 0 fully saturated rings. The van der Waals surface area contributed by atoms with Crippen molar-refractivity contribution < 1.29 is 0 Å². The van der Waals surface area contributed by atoms with E-state index in [2.05, 4.69) is 25.7 Å². The summed E-state index contributed by atoms with van der Waals surface area (Å²) in [5, 5.41) is 0. The first-order valence-electron chi connectivity index (χ1n) is 4.16. The number of nitrogens with zero attached hydrogens (tertiary/aromatic N) is 1. The Kier molecular flexibility index (Phi) is 5.64.